The summed E-state index contributed by atoms with van der Waals surface area (Å²) in [6.45, 7) is 4.26. The number of rotatable bonds is 9. The molecule has 1 N–H and O–H groups in total. The van der Waals surface area contributed by atoms with E-state index in [0.717, 1.165) is 16.7 Å². The van der Waals surface area contributed by atoms with E-state index >= 15 is 0 Å². The number of carbonyl (C=O) groups is 2. The quantitative estimate of drug-likeness (QED) is 0.369. The lowest BCUT2D eigenvalue weighted by Gasteiger charge is -2.08. The third-order valence-corrected chi connectivity index (χ3v) is 5.49. The van der Waals surface area contributed by atoms with Gasteiger partial charge in [-0.2, -0.15) is 0 Å². The van der Waals surface area contributed by atoms with Crippen LogP contribution in [0.15, 0.2) is 73.2 Å². The molecule has 4 rings (SSSR count). The fourth-order valence-corrected chi connectivity index (χ4v) is 3.49. The molecule has 7 nitrogen and oxygen atoms in total. The van der Waals surface area contributed by atoms with Gasteiger partial charge in [-0.1, -0.05) is 66.2 Å². The molecule has 0 aliphatic heterocycles. The monoisotopic (exact) mass is 455 g/mol. The van der Waals surface area contributed by atoms with E-state index in [1.807, 2.05) is 72.2 Å². The van der Waals surface area contributed by atoms with Crippen molar-refractivity contribution in [3.63, 3.8) is 0 Å². The smallest absolute Gasteiger partial charge is 0.332 e. The first-order chi connectivity index (χ1) is 16.4. The molecule has 2 heterocycles. The molecule has 0 aliphatic carbocycles. The third kappa shape index (κ3) is 5.27. The maximum Gasteiger partial charge on any atom is 0.332 e. The number of aromatic nitrogens is 3. The third-order valence-electron chi connectivity index (χ3n) is 5.49. The number of benzene rings is 2. The van der Waals surface area contributed by atoms with E-state index in [2.05, 4.69) is 9.97 Å². The Labute approximate surface area is 197 Å². The van der Waals surface area contributed by atoms with Gasteiger partial charge in [0.05, 0.1) is 12.2 Å². The molecular weight excluding hydrogens is 430 g/mol. The molecule has 0 amide bonds. The number of aliphatic carboxylic acids is 1. The van der Waals surface area contributed by atoms with Crippen LogP contribution in [0.3, 0.4) is 0 Å². The van der Waals surface area contributed by atoms with Gasteiger partial charge in [0, 0.05) is 30.7 Å². The van der Waals surface area contributed by atoms with Crippen molar-refractivity contribution in [1.82, 2.24) is 14.5 Å². The van der Waals surface area contributed by atoms with Gasteiger partial charge in [-0.15, -0.1) is 0 Å². The van der Waals surface area contributed by atoms with Gasteiger partial charge in [-0.3, -0.25) is 9.78 Å². The average Bonchev–Trinajstić information content (AvgIpc) is 3.22. The lowest BCUT2D eigenvalue weighted by Crippen LogP contribution is -2.19. The van der Waals surface area contributed by atoms with Gasteiger partial charge >= 0.3 is 5.97 Å². The van der Waals surface area contributed by atoms with E-state index < -0.39 is 12.1 Å². The number of allylic oxidation sites excluding steroid dienone is 1. The van der Waals surface area contributed by atoms with Crippen LogP contribution in [0.1, 0.15) is 39.5 Å². The molecule has 0 radical (unpaired) electrons. The predicted molar refractivity (Wildman–Crippen MR) is 130 cm³/mol. The number of carbonyl (C=O) groups excluding carboxylic acids is 1. The normalized spacial score (nSPS) is 12.3. The fraction of sp³-hybridized carbons (Fsp3) is 0.185. The summed E-state index contributed by atoms with van der Waals surface area (Å²) < 4.78 is 7.22. The highest BCUT2D eigenvalue weighted by molar-refractivity contribution is 6.15. The van der Waals surface area contributed by atoms with Crippen molar-refractivity contribution in [2.24, 2.45) is 0 Å². The van der Waals surface area contributed by atoms with Gasteiger partial charge in [0.25, 0.3) is 0 Å². The number of nitrogens with zero attached hydrogens (tertiary/aromatic N) is 3. The number of ether oxygens (including phenoxy) is 1. The Balaban J connectivity index is 1.48. The van der Waals surface area contributed by atoms with Crippen LogP contribution in [-0.2, 0) is 22.7 Å². The zero-order valence-electron chi connectivity index (χ0n) is 19.0. The molecule has 0 saturated heterocycles. The van der Waals surface area contributed by atoms with Crippen LogP contribution >= 0.6 is 0 Å². The highest BCUT2D eigenvalue weighted by atomic mass is 16.5. The minimum absolute atomic E-state index is 0.0803. The first-order valence-electron chi connectivity index (χ1n) is 10.9. The van der Waals surface area contributed by atoms with Crippen LogP contribution in [0.25, 0.3) is 17.2 Å². The van der Waals surface area contributed by atoms with Crippen LogP contribution in [-0.4, -0.2) is 37.5 Å². The Morgan fingerprint density at radius 1 is 1.06 bits per heavy atom. The summed E-state index contributed by atoms with van der Waals surface area (Å²) in [5.74, 6) is -1.06. The number of hydrogen-bond acceptors (Lipinski definition) is 5. The summed E-state index contributed by atoms with van der Waals surface area (Å²) in [7, 11) is 0. The summed E-state index contributed by atoms with van der Waals surface area (Å²) in [5.41, 5.74) is 5.38. The SMILES string of the molecule is Cc1ccc(C(=O)c2cn(CC=Cc3ccc(CO[C@@H](C)C(=O)O)cc3)c3nccnc23)cc1. The van der Waals surface area contributed by atoms with Crippen molar-refractivity contribution in [2.75, 3.05) is 0 Å². The highest BCUT2D eigenvalue weighted by Crippen LogP contribution is 2.21. The number of ketones is 1. The molecule has 0 unspecified atom stereocenters. The standard InChI is InChI=1S/C27H25N3O4/c1-18-5-11-22(12-6-18)25(31)23-16-30(26-24(23)28-13-14-29-26)15-3-4-20-7-9-21(10-8-20)17-34-19(2)27(32)33/h3-14,16,19H,15,17H2,1-2H3,(H,32,33)/t19-/m0/s1. The molecule has 0 bridgehead atoms. The van der Waals surface area contributed by atoms with Crippen molar-refractivity contribution in [3.8, 4) is 0 Å². The molecule has 2 aromatic heterocycles. The second kappa shape index (κ2) is 10.2. The minimum Gasteiger partial charge on any atom is -0.479 e. The van der Waals surface area contributed by atoms with Crippen molar-refractivity contribution in [1.29, 1.82) is 0 Å². The van der Waals surface area contributed by atoms with Crippen LogP contribution in [0.4, 0.5) is 0 Å². The summed E-state index contributed by atoms with van der Waals surface area (Å²) in [5, 5.41) is 8.90. The van der Waals surface area contributed by atoms with Gasteiger partial charge in [-0.25, -0.2) is 9.78 Å². The van der Waals surface area contributed by atoms with E-state index in [4.69, 9.17) is 9.84 Å². The molecule has 34 heavy (non-hydrogen) atoms. The Morgan fingerprint density at radius 2 is 1.76 bits per heavy atom. The molecule has 1 atom stereocenters. The second-order valence-electron chi connectivity index (χ2n) is 8.05. The number of carboxylic acid groups (broad SMARTS) is 1. The molecule has 4 aromatic rings. The van der Waals surface area contributed by atoms with Gasteiger partial charge < -0.3 is 14.4 Å². The number of aryl methyl sites for hydroxylation is 1. The highest BCUT2D eigenvalue weighted by Gasteiger charge is 2.18. The maximum atomic E-state index is 13.1. The molecule has 7 heteroatoms. The minimum atomic E-state index is -0.981. The predicted octanol–water partition coefficient (Wildman–Crippen LogP) is 4.67. The van der Waals surface area contributed by atoms with Gasteiger partial charge in [0.1, 0.15) is 5.52 Å². The molecule has 0 saturated carbocycles. The van der Waals surface area contributed by atoms with Crippen molar-refractivity contribution < 1.29 is 19.4 Å². The Hall–Kier alpha value is -4.10. The van der Waals surface area contributed by atoms with Gasteiger partial charge in [0.15, 0.2) is 17.5 Å². The maximum absolute atomic E-state index is 13.1. The van der Waals surface area contributed by atoms with Gasteiger partial charge in [0.2, 0.25) is 0 Å². The Morgan fingerprint density at radius 3 is 2.47 bits per heavy atom. The fourth-order valence-electron chi connectivity index (χ4n) is 3.49. The van der Waals surface area contributed by atoms with Gasteiger partial charge in [-0.05, 0) is 25.0 Å². The van der Waals surface area contributed by atoms with E-state index in [1.165, 1.54) is 6.92 Å². The Kier molecular flexibility index (Phi) is 6.94. The van der Waals surface area contributed by atoms with Crippen molar-refractivity contribution in [2.45, 2.75) is 33.1 Å². The largest absolute Gasteiger partial charge is 0.479 e. The first-order valence-corrected chi connectivity index (χ1v) is 10.9. The summed E-state index contributed by atoms with van der Waals surface area (Å²) in [6.07, 6.45) is 8.15. The number of fused-ring (bicyclic) bond motifs is 1. The average molecular weight is 456 g/mol. The van der Waals surface area contributed by atoms with E-state index in [-0.39, 0.29) is 12.4 Å². The van der Waals surface area contributed by atoms with E-state index in [9.17, 15) is 9.59 Å². The molecule has 0 aliphatic rings. The zero-order valence-corrected chi connectivity index (χ0v) is 19.0. The molecule has 172 valence electrons. The summed E-state index contributed by atoms with van der Waals surface area (Å²) in [6, 6.07) is 15.2. The van der Waals surface area contributed by atoms with Crippen molar-refractivity contribution >= 4 is 29.0 Å². The van der Waals surface area contributed by atoms with E-state index in [1.54, 1.807) is 18.6 Å². The van der Waals surface area contributed by atoms with Crippen LogP contribution in [0, 0.1) is 6.92 Å². The van der Waals surface area contributed by atoms with Crippen LogP contribution in [0.2, 0.25) is 0 Å². The first kappa shape index (κ1) is 23.1. The second-order valence-corrected chi connectivity index (χ2v) is 8.05. The molecule has 2 aromatic carbocycles. The van der Waals surface area contributed by atoms with Crippen LogP contribution < -0.4 is 0 Å². The lowest BCUT2D eigenvalue weighted by molar-refractivity contribution is -0.149. The van der Waals surface area contributed by atoms with Crippen molar-refractivity contribution in [3.05, 3.63) is 101 Å². The molecule has 0 fully saturated rings. The number of hydrogen-bond donors (Lipinski definition) is 1. The van der Waals surface area contributed by atoms with Crippen LogP contribution in [0.5, 0.6) is 0 Å². The zero-order chi connectivity index (χ0) is 24.1. The summed E-state index contributed by atoms with van der Waals surface area (Å²) >= 11 is 0. The Bertz CT molecular complexity index is 1340. The lowest BCUT2D eigenvalue weighted by atomic mass is 10.0. The van der Waals surface area contributed by atoms with E-state index in [0.29, 0.717) is 28.8 Å². The molecule has 0 spiro atoms. The summed E-state index contributed by atoms with van der Waals surface area (Å²) in [4.78, 5) is 32.8. The topological polar surface area (TPSA) is 94.3 Å². The number of carboxylic acids is 1. The molecular formula is C27H25N3O4.